The molecule has 1 unspecified atom stereocenters. The van der Waals surface area contributed by atoms with Crippen LogP contribution < -0.4 is 16.0 Å². The van der Waals surface area contributed by atoms with Crippen molar-refractivity contribution in [3.63, 3.8) is 0 Å². The van der Waals surface area contributed by atoms with Crippen LogP contribution in [-0.4, -0.2) is 34.6 Å². The normalized spacial score (nSPS) is 11.7. The monoisotopic (exact) mass is 657 g/mol. The highest BCUT2D eigenvalue weighted by Gasteiger charge is 2.19. The number of aliphatic carboxylic acids is 1. The molecule has 0 aliphatic heterocycles. The van der Waals surface area contributed by atoms with Crippen LogP contribution in [0.5, 0.6) is 0 Å². The molecule has 0 spiro atoms. The lowest BCUT2D eigenvalue weighted by atomic mass is 9.93. The third-order valence-corrected chi connectivity index (χ3v) is 7.87. The predicted molar refractivity (Wildman–Crippen MR) is 191 cm³/mol. The van der Waals surface area contributed by atoms with E-state index in [1.54, 1.807) is 69.3 Å². The Morgan fingerprint density at radius 2 is 1.21 bits per heavy atom. The van der Waals surface area contributed by atoms with Crippen LogP contribution in [0.2, 0.25) is 0 Å². The number of carboxylic acids is 1. The Bertz CT molecular complexity index is 1450. The summed E-state index contributed by atoms with van der Waals surface area (Å²) in [5.41, 5.74) is 2.32. The number of carbonyl (C=O) groups excluding carboxylic acids is 3. The Morgan fingerprint density at radius 1 is 0.667 bits per heavy atom. The molecule has 48 heavy (non-hydrogen) atoms. The number of hydrogen-bond acceptors (Lipinski definition) is 5. The second-order valence-electron chi connectivity index (χ2n) is 13.2. The van der Waals surface area contributed by atoms with Gasteiger partial charge >= 0.3 is 12.1 Å². The lowest BCUT2D eigenvalue weighted by Gasteiger charge is -2.20. The summed E-state index contributed by atoms with van der Waals surface area (Å²) in [5, 5.41) is 17.9. The molecular weight excluding hydrogens is 606 g/mol. The first kappa shape index (κ1) is 37.8. The summed E-state index contributed by atoms with van der Waals surface area (Å²) in [6.45, 7) is 5.32. The van der Waals surface area contributed by atoms with Crippen molar-refractivity contribution in [2.75, 3.05) is 16.0 Å². The first-order valence-electron chi connectivity index (χ1n) is 17.1. The van der Waals surface area contributed by atoms with Crippen molar-refractivity contribution in [2.45, 2.75) is 103 Å². The molecule has 1 atom stereocenters. The fourth-order valence-electron chi connectivity index (χ4n) is 5.36. The van der Waals surface area contributed by atoms with Crippen molar-refractivity contribution < 1.29 is 29.0 Å². The molecule has 9 heteroatoms. The summed E-state index contributed by atoms with van der Waals surface area (Å²) in [4.78, 5) is 49.1. The fourth-order valence-corrected chi connectivity index (χ4v) is 5.36. The molecule has 3 amide bonds. The van der Waals surface area contributed by atoms with Crippen LogP contribution in [0.25, 0.3) is 0 Å². The Hall–Kier alpha value is -4.66. The maximum atomic E-state index is 12.9. The molecule has 3 aromatic rings. The molecule has 0 fully saturated rings. The summed E-state index contributed by atoms with van der Waals surface area (Å²) < 4.78 is 5.31. The van der Waals surface area contributed by atoms with Crippen LogP contribution >= 0.6 is 0 Å². The van der Waals surface area contributed by atoms with Gasteiger partial charge in [-0.15, -0.1) is 0 Å². The minimum atomic E-state index is -0.707. The lowest BCUT2D eigenvalue weighted by molar-refractivity contribution is -0.142. The number of nitrogens with one attached hydrogen (secondary N) is 3. The van der Waals surface area contributed by atoms with E-state index in [1.165, 1.54) is 0 Å². The van der Waals surface area contributed by atoms with E-state index < -0.39 is 17.7 Å². The Kier molecular flexibility index (Phi) is 15.6. The molecule has 0 radical (unpaired) electrons. The van der Waals surface area contributed by atoms with Crippen molar-refractivity contribution in [1.82, 2.24) is 0 Å². The largest absolute Gasteiger partial charge is 0.481 e. The third-order valence-electron chi connectivity index (χ3n) is 7.87. The molecule has 3 aromatic carbocycles. The number of carbonyl (C=O) groups is 4. The van der Waals surface area contributed by atoms with Gasteiger partial charge in [0, 0.05) is 17.7 Å². The van der Waals surface area contributed by atoms with E-state index in [1.807, 2.05) is 30.3 Å². The Balaban J connectivity index is 1.26. The number of amides is 3. The summed E-state index contributed by atoms with van der Waals surface area (Å²) >= 11 is 0. The van der Waals surface area contributed by atoms with Gasteiger partial charge in [-0.1, -0.05) is 93.8 Å². The number of carboxylic acid groups (broad SMARTS) is 1. The van der Waals surface area contributed by atoms with Crippen molar-refractivity contribution >= 4 is 40.9 Å². The van der Waals surface area contributed by atoms with Crippen LogP contribution in [0.1, 0.15) is 107 Å². The molecule has 0 aromatic heterocycles. The van der Waals surface area contributed by atoms with Gasteiger partial charge in [-0.25, -0.2) is 4.79 Å². The number of para-hydroxylation sites is 2. The molecule has 9 nitrogen and oxygen atoms in total. The van der Waals surface area contributed by atoms with Crippen LogP contribution in [-0.2, 0) is 20.7 Å². The number of ether oxygens (including phenoxy) is 1. The molecule has 0 aliphatic rings. The Morgan fingerprint density at radius 3 is 1.79 bits per heavy atom. The van der Waals surface area contributed by atoms with E-state index in [4.69, 9.17) is 4.74 Å². The molecule has 0 bridgehead atoms. The molecule has 4 N–H and O–H groups in total. The van der Waals surface area contributed by atoms with Gasteiger partial charge in [-0.05, 0) is 82.0 Å². The first-order valence-corrected chi connectivity index (χ1v) is 17.1. The molecule has 0 saturated heterocycles. The number of benzene rings is 3. The third kappa shape index (κ3) is 14.8. The van der Waals surface area contributed by atoms with Crippen LogP contribution in [0.15, 0.2) is 78.9 Å². The maximum absolute atomic E-state index is 12.9. The van der Waals surface area contributed by atoms with E-state index in [9.17, 15) is 24.3 Å². The van der Waals surface area contributed by atoms with Crippen molar-refractivity contribution in [2.24, 2.45) is 5.92 Å². The number of unbranched alkanes of at least 4 members (excludes halogenated alkanes) is 8. The molecule has 0 aliphatic carbocycles. The smallest absolute Gasteiger partial charge is 0.412 e. The predicted octanol–water partition coefficient (Wildman–Crippen LogP) is 9.46. The van der Waals surface area contributed by atoms with Crippen molar-refractivity contribution in [3.05, 3.63) is 90.0 Å². The Labute approximate surface area is 284 Å². The summed E-state index contributed by atoms with van der Waals surface area (Å²) in [5.74, 6) is -1.43. The van der Waals surface area contributed by atoms with Crippen molar-refractivity contribution in [1.29, 1.82) is 0 Å². The topological polar surface area (TPSA) is 134 Å². The summed E-state index contributed by atoms with van der Waals surface area (Å²) in [6.07, 6.45) is 10.6. The van der Waals surface area contributed by atoms with E-state index in [-0.39, 0.29) is 17.7 Å². The van der Waals surface area contributed by atoms with Crippen LogP contribution in [0.4, 0.5) is 21.9 Å². The number of hydrogen-bond donors (Lipinski definition) is 4. The van der Waals surface area contributed by atoms with Crippen LogP contribution in [0, 0.1) is 5.92 Å². The molecule has 0 saturated carbocycles. The molecule has 0 heterocycles. The SMILES string of the molecule is CC(C)(C)OC(=O)Nc1ccccc1NC(=O)c1ccc(NC(=O)CCCCCCCCCCCC(Cc2ccccc2)C(=O)O)cc1. The van der Waals surface area contributed by atoms with Gasteiger partial charge in [-0.3, -0.25) is 19.7 Å². The van der Waals surface area contributed by atoms with Gasteiger partial charge in [-0.2, -0.15) is 0 Å². The summed E-state index contributed by atoms with van der Waals surface area (Å²) in [7, 11) is 0. The second-order valence-corrected chi connectivity index (χ2v) is 13.2. The van der Waals surface area contributed by atoms with E-state index in [2.05, 4.69) is 16.0 Å². The van der Waals surface area contributed by atoms with Gasteiger partial charge in [0.15, 0.2) is 0 Å². The minimum absolute atomic E-state index is 0.0544. The van der Waals surface area contributed by atoms with Crippen LogP contribution in [0.3, 0.4) is 0 Å². The van der Waals surface area contributed by atoms with Gasteiger partial charge in [0.05, 0.1) is 17.3 Å². The highest BCUT2D eigenvalue weighted by Crippen LogP contribution is 2.23. The zero-order valence-electron chi connectivity index (χ0n) is 28.6. The highest BCUT2D eigenvalue weighted by molar-refractivity contribution is 6.07. The quantitative estimate of drug-likeness (QED) is 0.0949. The van der Waals surface area contributed by atoms with Gasteiger partial charge in [0.2, 0.25) is 5.91 Å². The van der Waals surface area contributed by atoms with E-state index in [0.717, 1.165) is 69.8 Å². The van der Waals surface area contributed by atoms with E-state index in [0.29, 0.717) is 35.5 Å². The standard InChI is InChI=1S/C39H51N3O6/c1-39(2,3)48-38(47)42-34-22-17-16-21-33(34)41-36(44)30-24-26-32(27-25-30)40-35(43)23-15-10-8-6-4-5-7-9-14-20-31(37(45)46)28-29-18-12-11-13-19-29/h11-13,16-19,21-22,24-27,31H,4-10,14-15,20,23,28H2,1-3H3,(H,40,43)(H,41,44)(H,42,47)(H,45,46). The number of anilines is 3. The summed E-state index contributed by atoms with van der Waals surface area (Å²) in [6, 6.07) is 23.4. The van der Waals surface area contributed by atoms with Gasteiger partial charge in [0.1, 0.15) is 5.60 Å². The zero-order chi connectivity index (χ0) is 34.8. The second kappa shape index (κ2) is 19.9. The fraction of sp³-hybridized carbons (Fsp3) is 0.436. The minimum Gasteiger partial charge on any atom is -0.481 e. The molecular formula is C39H51N3O6. The number of rotatable bonds is 19. The zero-order valence-corrected chi connectivity index (χ0v) is 28.6. The lowest BCUT2D eigenvalue weighted by Crippen LogP contribution is -2.27. The molecule has 3 rings (SSSR count). The average molecular weight is 658 g/mol. The van der Waals surface area contributed by atoms with Gasteiger partial charge in [0.25, 0.3) is 5.91 Å². The maximum Gasteiger partial charge on any atom is 0.412 e. The first-order chi connectivity index (χ1) is 23.0. The average Bonchev–Trinajstić information content (AvgIpc) is 3.03. The van der Waals surface area contributed by atoms with Gasteiger partial charge < -0.3 is 20.5 Å². The van der Waals surface area contributed by atoms with E-state index >= 15 is 0 Å². The highest BCUT2D eigenvalue weighted by atomic mass is 16.6. The molecule has 258 valence electrons. The van der Waals surface area contributed by atoms with Crippen molar-refractivity contribution in [3.8, 4) is 0 Å².